The Kier molecular flexibility index (Phi) is 7.22. The average molecular weight is 344 g/mol. The fourth-order valence-corrected chi connectivity index (χ4v) is 2.58. The minimum absolute atomic E-state index is 0.150. The van der Waals surface area contributed by atoms with E-state index in [1.54, 1.807) is 6.92 Å². The number of benzene rings is 1. The molecule has 0 aliphatic carbocycles. The van der Waals surface area contributed by atoms with Crippen LogP contribution in [0.4, 0.5) is 0 Å². The van der Waals surface area contributed by atoms with Gasteiger partial charge in [0.2, 0.25) is 0 Å². The van der Waals surface area contributed by atoms with Crippen LogP contribution in [0.25, 0.3) is 0 Å². The van der Waals surface area contributed by atoms with Crippen LogP contribution in [0.1, 0.15) is 18.2 Å². The van der Waals surface area contributed by atoms with Crippen molar-refractivity contribution in [3.05, 3.63) is 59.9 Å². The number of hydrogen-bond acceptors (Lipinski definition) is 5. The van der Waals surface area contributed by atoms with E-state index in [4.69, 9.17) is 9.47 Å². The second-order valence-electron chi connectivity index (χ2n) is 5.64. The van der Waals surface area contributed by atoms with Gasteiger partial charge in [0.15, 0.2) is 0 Å². The largest absolute Gasteiger partial charge is 0.468 e. The van der Waals surface area contributed by atoms with E-state index in [1.165, 1.54) is 7.11 Å². The van der Waals surface area contributed by atoms with E-state index in [0.717, 1.165) is 11.3 Å². The number of ether oxygens (including phenoxy) is 2. The Balaban J connectivity index is 2.11. The topological polar surface area (TPSA) is 60.8 Å². The lowest BCUT2D eigenvalue weighted by molar-refractivity contribution is -0.145. The van der Waals surface area contributed by atoms with Crippen LogP contribution >= 0.6 is 0 Å². The zero-order valence-corrected chi connectivity index (χ0v) is 14.7. The lowest BCUT2D eigenvalue weighted by Crippen LogP contribution is -2.31. The lowest BCUT2D eigenvalue weighted by atomic mass is 10.2. The van der Waals surface area contributed by atoms with Crippen molar-refractivity contribution in [1.29, 1.82) is 0 Å². The summed E-state index contributed by atoms with van der Waals surface area (Å²) in [6.45, 7) is 3.63. The van der Waals surface area contributed by atoms with Crippen LogP contribution in [-0.4, -0.2) is 41.7 Å². The molecule has 2 aromatic rings. The number of nitrogens with zero attached hydrogens (tertiary/aromatic N) is 2. The molecule has 1 aromatic heterocycles. The molecule has 6 nitrogen and oxygen atoms in total. The molecule has 6 heteroatoms. The van der Waals surface area contributed by atoms with Crippen molar-refractivity contribution in [3.63, 3.8) is 0 Å². The highest BCUT2D eigenvalue weighted by Gasteiger charge is 2.15. The molecule has 0 N–H and O–H groups in total. The molecule has 25 heavy (non-hydrogen) atoms. The van der Waals surface area contributed by atoms with Crippen molar-refractivity contribution < 1.29 is 19.1 Å². The Labute approximate surface area is 148 Å². The van der Waals surface area contributed by atoms with Crippen molar-refractivity contribution in [2.24, 2.45) is 0 Å². The normalized spacial score (nSPS) is 10.7. The third-order valence-corrected chi connectivity index (χ3v) is 3.74. The van der Waals surface area contributed by atoms with E-state index in [1.807, 2.05) is 58.1 Å². The summed E-state index contributed by atoms with van der Waals surface area (Å²) in [5, 5.41) is 0. The smallest absolute Gasteiger partial charge is 0.325 e. The zero-order valence-electron chi connectivity index (χ0n) is 14.7. The number of carbonyl (C=O) groups is 2. The van der Waals surface area contributed by atoms with Crippen molar-refractivity contribution in [1.82, 2.24) is 9.47 Å². The first kappa shape index (κ1) is 18.7. The maximum atomic E-state index is 11.9. The van der Waals surface area contributed by atoms with Gasteiger partial charge in [0.25, 0.3) is 0 Å². The summed E-state index contributed by atoms with van der Waals surface area (Å²) in [4.78, 5) is 25.5. The molecule has 0 saturated carbocycles. The number of carbonyl (C=O) groups excluding carboxylic acids is 2. The van der Waals surface area contributed by atoms with Crippen molar-refractivity contribution in [3.8, 4) is 0 Å². The molecular formula is C19H24N2O4. The van der Waals surface area contributed by atoms with Crippen LogP contribution in [0.3, 0.4) is 0 Å². The van der Waals surface area contributed by atoms with Crippen LogP contribution in [0.5, 0.6) is 0 Å². The van der Waals surface area contributed by atoms with Crippen molar-refractivity contribution >= 4 is 11.9 Å². The molecule has 0 fully saturated rings. The van der Waals surface area contributed by atoms with Gasteiger partial charge in [-0.25, -0.2) is 0 Å². The Hall–Kier alpha value is -2.60. The zero-order chi connectivity index (χ0) is 18.1. The Morgan fingerprint density at radius 3 is 2.48 bits per heavy atom. The van der Waals surface area contributed by atoms with Crippen LogP contribution in [0.15, 0.2) is 48.7 Å². The van der Waals surface area contributed by atoms with Crippen molar-refractivity contribution in [2.75, 3.05) is 20.3 Å². The van der Waals surface area contributed by atoms with Gasteiger partial charge in [0, 0.05) is 25.0 Å². The maximum Gasteiger partial charge on any atom is 0.325 e. The number of esters is 2. The molecular weight excluding hydrogens is 320 g/mol. The lowest BCUT2D eigenvalue weighted by Gasteiger charge is -2.22. The minimum Gasteiger partial charge on any atom is -0.468 e. The molecule has 0 amide bonds. The first-order chi connectivity index (χ1) is 12.1. The SMILES string of the molecule is CCOC(=O)CN(Cc1ccccc1)Cc1cccn1CC(=O)OC. The third-order valence-electron chi connectivity index (χ3n) is 3.74. The maximum absolute atomic E-state index is 11.9. The summed E-state index contributed by atoms with van der Waals surface area (Å²) in [7, 11) is 1.37. The Bertz CT molecular complexity index is 682. The van der Waals surface area contributed by atoms with Gasteiger partial charge in [-0.3, -0.25) is 14.5 Å². The van der Waals surface area contributed by atoms with Gasteiger partial charge in [-0.05, 0) is 24.6 Å². The molecule has 0 aliphatic heterocycles. The monoisotopic (exact) mass is 344 g/mol. The van der Waals surface area contributed by atoms with E-state index in [2.05, 4.69) is 0 Å². The van der Waals surface area contributed by atoms with Gasteiger partial charge in [0.1, 0.15) is 6.54 Å². The minimum atomic E-state index is -0.308. The standard InChI is InChI=1S/C19H24N2O4/c1-3-25-19(23)14-20(12-16-8-5-4-6-9-16)13-17-10-7-11-21(17)15-18(22)24-2/h4-11H,3,12-15H2,1-2H3. The summed E-state index contributed by atoms with van der Waals surface area (Å²) in [6, 6.07) is 13.8. The van der Waals surface area contributed by atoms with Crippen LogP contribution < -0.4 is 0 Å². The van der Waals surface area contributed by atoms with Gasteiger partial charge in [-0.2, -0.15) is 0 Å². The molecule has 0 radical (unpaired) electrons. The number of hydrogen-bond donors (Lipinski definition) is 0. The van der Waals surface area contributed by atoms with Crippen molar-refractivity contribution in [2.45, 2.75) is 26.6 Å². The van der Waals surface area contributed by atoms with Gasteiger partial charge in [-0.1, -0.05) is 30.3 Å². The summed E-state index contributed by atoms with van der Waals surface area (Å²) in [5.74, 6) is -0.568. The average Bonchev–Trinajstić information content (AvgIpc) is 3.02. The van der Waals surface area contributed by atoms with Gasteiger partial charge >= 0.3 is 11.9 Å². The fraction of sp³-hybridized carbons (Fsp3) is 0.368. The van der Waals surface area contributed by atoms with Gasteiger partial charge < -0.3 is 14.0 Å². The fourth-order valence-electron chi connectivity index (χ4n) is 2.58. The molecule has 134 valence electrons. The number of methoxy groups -OCH3 is 1. The molecule has 1 heterocycles. The molecule has 0 spiro atoms. The molecule has 0 unspecified atom stereocenters. The molecule has 2 rings (SSSR count). The number of aromatic nitrogens is 1. The van der Waals surface area contributed by atoms with Crippen LogP contribution in [-0.2, 0) is 38.7 Å². The second kappa shape index (κ2) is 9.64. The van der Waals surface area contributed by atoms with E-state index in [0.29, 0.717) is 19.7 Å². The predicted molar refractivity (Wildman–Crippen MR) is 93.6 cm³/mol. The highest BCUT2D eigenvalue weighted by molar-refractivity contribution is 5.71. The quantitative estimate of drug-likeness (QED) is 0.653. The molecule has 0 saturated heterocycles. The summed E-state index contributed by atoms with van der Waals surface area (Å²) in [6.07, 6.45) is 1.83. The molecule has 0 aliphatic rings. The molecule has 0 atom stereocenters. The Morgan fingerprint density at radius 1 is 1.04 bits per heavy atom. The van der Waals surface area contributed by atoms with E-state index >= 15 is 0 Å². The summed E-state index contributed by atoms with van der Waals surface area (Å²) >= 11 is 0. The highest BCUT2D eigenvalue weighted by Crippen LogP contribution is 2.11. The Morgan fingerprint density at radius 2 is 1.80 bits per heavy atom. The highest BCUT2D eigenvalue weighted by atomic mass is 16.5. The molecule has 1 aromatic carbocycles. The summed E-state index contributed by atoms with van der Waals surface area (Å²) in [5.41, 5.74) is 2.04. The first-order valence-electron chi connectivity index (χ1n) is 8.25. The van der Waals surface area contributed by atoms with E-state index in [-0.39, 0.29) is 25.0 Å². The van der Waals surface area contributed by atoms with Crippen LogP contribution in [0, 0.1) is 0 Å². The van der Waals surface area contributed by atoms with Crippen LogP contribution in [0.2, 0.25) is 0 Å². The summed E-state index contributed by atoms with van der Waals surface area (Å²) < 4.78 is 11.6. The first-order valence-corrected chi connectivity index (χ1v) is 8.25. The van der Waals surface area contributed by atoms with E-state index < -0.39 is 0 Å². The number of rotatable bonds is 9. The van der Waals surface area contributed by atoms with E-state index in [9.17, 15) is 9.59 Å². The predicted octanol–water partition coefficient (Wildman–Crippen LogP) is 2.23. The molecule has 0 bridgehead atoms. The van der Waals surface area contributed by atoms with Gasteiger partial charge in [-0.15, -0.1) is 0 Å². The second-order valence-corrected chi connectivity index (χ2v) is 5.64. The van der Waals surface area contributed by atoms with Gasteiger partial charge in [0.05, 0.1) is 20.3 Å². The third kappa shape index (κ3) is 6.08.